The Morgan fingerprint density at radius 3 is 2.43 bits per heavy atom. The summed E-state index contributed by atoms with van der Waals surface area (Å²) in [6.45, 7) is 8.27. The van der Waals surface area contributed by atoms with Crippen LogP contribution in [0.3, 0.4) is 0 Å². The van der Waals surface area contributed by atoms with E-state index in [2.05, 4.69) is 26.8 Å². The van der Waals surface area contributed by atoms with Gasteiger partial charge in [0.05, 0.1) is 5.60 Å². The monoisotopic (exact) mass is 428 g/mol. The zero-order valence-corrected chi connectivity index (χ0v) is 18.9. The highest BCUT2D eigenvalue weighted by Crippen LogP contribution is 2.68. The highest BCUT2D eigenvalue weighted by molar-refractivity contribution is 5.27. The molecule has 4 rings (SSSR count). The van der Waals surface area contributed by atoms with Crippen LogP contribution in [0, 0.1) is 40.4 Å². The van der Waals surface area contributed by atoms with Crippen molar-refractivity contribution in [2.24, 2.45) is 40.4 Å². The maximum atomic E-state index is 13.2. The molecule has 0 radical (unpaired) electrons. The first kappa shape index (κ1) is 22.6. The van der Waals surface area contributed by atoms with Crippen LogP contribution < -0.4 is 0 Å². The fourth-order valence-corrected chi connectivity index (χ4v) is 8.44. The molecule has 0 amide bonds. The van der Waals surface area contributed by atoms with Crippen LogP contribution in [-0.2, 0) is 0 Å². The average Bonchev–Trinajstić information content (AvgIpc) is 3.04. The lowest BCUT2D eigenvalue weighted by Crippen LogP contribution is -2.53. The molecule has 5 heteroatoms. The van der Waals surface area contributed by atoms with Crippen molar-refractivity contribution in [3.8, 4) is 0 Å². The number of fused-ring (bicyclic) bond motifs is 5. The van der Waals surface area contributed by atoms with E-state index in [0.29, 0.717) is 17.8 Å². The summed E-state index contributed by atoms with van der Waals surface area (Å²) in [5, 5.41) is 20.8. The van der Waals surface area contributed by atoms with Crippen molar-refractivity contribution in [2.75, 3.05) is 0 Å². The molecule has 0 aromatic carbocycles. The number of hydrogen-bond acceptors (Lipinski definition) is 2. The van der Waals surface area contributed by atoms with Gasteiger partial charge in [0.2, 0.25) is 0 Å². The first-order chi connectivity index (χ1) is 13.9. The molecular formula is C25H39F3O2. The van der Waals surface area contributed by atoms with Gasteiger partial charge >= 0.3 is 6.18 Å². The highest BCUT2D eigenvalue weighted by Gasteiger charge is 2.61. The number of halogens is 3. The van der Waals surface area contributed by atoms with E-state index in [0.717, 1.165) is 57.8 Å². The van der Waals surface area contributed by atoms with Crippen molar-refractivity contribution in [2.45, 2.75) is 103 Å². The van der Waals surface area contributed by atoms with Crippen LogP contribution in [0.5, 0.6) is 0 Å². The molecule has 172 valence electrons. The summed E-state index contributed by atoms with van der Waals surface area (Å²) >= 11 is 0. The maximum absolute atomic E-state index is 13.2. The fraction of sp³-hybridized carbons (Fsp3) is 0.920. The first-order valence-corrected chi connectivity index (χ1v) is 12.0. The summed E-state index contributed by atoms with van der Waals surface area (Å²) in [6.07, 6.45) is 3.83. The van der Waals surface area contributed by atoms with Crippen molar-refractivity contribution in [1.29, 1.82) is 0 Å². The molecule has 3 fully saturated rings. The Hall–Kier alpha value is -0.550. The van der Waals surface area contributed by atoms with Gasteiger partial charge in [0.15, 0.2) is 6.10 Å². The van der Waals surface area contributed by atoms with E-state index in [4.69, 9.17) is 0 Å². The number of aliphatic hydroxyl groups is 2. The second-order valence-corrected chi connectivity index (χ2v) is 11.6. The molecule has 3 saturated carbocycles. The van der Waals surface area contributed by atoms with Gasteiger partial charge in [-0.25, -0.2) is 0 Å². The standard InChI is InChI=1S/C25H39F3O2/c1-5-24(30)13-12-22(3)16(14-24)6-7-17-19-9-8-18(15(2)21(29)25(26,27)28)23(19,4)11-10-20(17)22/h6,15,17-21,29-30H,5,7-14H2,1-4H3/t15-,17?,18?,19-,20?,21+,22-,23+,24-/m0/s1. The van der Waals surface area contributed by atoms with Crippen LogP contribution in [0.1, 0.15) is 85.5 Å². The molecule has 0 aromatic rings. The summed E-state index contributed by atoms with van der Waals surface area (Å²) < 4.78 is 39.7. The normalized spacial score (nSPS) is 48.2. The Morgan fingerprint density at radius 1 is 1.10 bits per heavy atom. The molecule has 2 nitrogen and oxygen atoms in total. The Bertz CT molecular complexity index is 703. The second-order valence-electron chi connectivity index (χ2n) is 11.6. The Balaban J connectivity index is 1.58. The summed E-state index contributed by atoms with van der Waals surface area (Å²) in [4.78, 5) is 0. The number of aliphatic hydroxyl groups excluding tert-OH is 1. The molecular weight excluding hydrogens is 389 g/mol. The SMILES string of the molecule is CC[C@]1(O)CC[C@@]2(C)C(=CCC3C2CC[C@]2(C)C([C@H](C)[C@@H](O)C(F)(F)F)CC[C@@H]32)C1. The minimum atomic E-state index is -4.54. The third kappa shape index (κ3) is 3.29. The molecule has 0 bridgehead atoms. The predicted octanol–water partition coefficient (Wildman–Crippen LogP) is 6.27. The maximum Gasteiger partial charge on any atom is 0.414 e. The molecule has 9 atom stereocenters. The quantitative estimate of drug-likeness (QED) is 0.521. The van der Waals surface area contributed by atoms with Crippen LogP contribution in [0.25, 0.3) is 0 Å². The van der Waals surface area contributed by atoms with E-state index in [9.17, 15) is 23.4 Å². The zero-order chi connectivity index (χ0) is 22.1. The minimum absolute atomic E-state index is 0.0743. The van der Waals surface area contributed by atoms with E-state index < -0.39 is 23.8 Å². The van der Waals surface area contributed by atoms with Crippen LogP contribution in [-0.4, -0.2) is 28.1 Å². The van der Waals surface area contributed by atoms with E-state index in [1.807, 2.05) is 0 Å². The van der Waals surface area contributed by atoms with Crippen LogP contribution in [0.4, 0.5) is 13.2 Å². The second kappa shape index (κ2) is 7.23. The van der Waals surface area contributed by atoms with E-state index >= 15 is 0 Å². The molecule has 4 aliphatic carbocycles. The van der Waals surface area contributed by atoms with Gasteiger partial charge in [0.1, 0.15) is 0 Å². The molecule has 0 saturated heterocycles. The topological polar surface area (TPSA) is 40.5 Å². The lowest BCUT2D eigenvalue weighted by Gasteiger charge is -2.59. The van der Waals surface area contributed by atoms with E-state index in [1.165, 1.54) is 5.57 Å². The molecule has 30 heavy (non-hydrogen) atoms. The lowest BCUT2D eigenvalue weighted by atomic mass is 9.46. The molecule has 3 unspecified atom stereocenters. The molecule has 0 aromatic heterocycles. The van der Waals surface area contributed by atoms with E-state index in [1.54, 1.807) is 6.92 Å². The third-order valence-corrected chi connectivity index (χ3v) is 10.5. The molecule has 2 N–H and O–H groups in total. The number of allylic oxidation sites excluding steroid dienone is 1. The number of rotatable bonds is 3. The van der Waals surface area contributed by atoms with Crippen molar-refractivity contribution < 1.29 is 23.4 Å². The fourth-order valence-electron chi connectivity index (χ4n) is 8.44. The zero-order valence-electron chi connectivity index (χ0n) is 18.9. The molecule has 0 aliphatic heterocycles. The van der Waals surface area contributed by atoms with Gasteiger partial charge in [-0.15, -0.1) is 0 Å². The molecule has 0 heterocycles. The van der Waals surface area contributed by atoms with Crippen molar-refractivity contribution in [3.63, 3.8) is 0 Å². The number of hydrogen-bond donors (Lipinski definition) is 2. The summed E-state index contributed by atoms with van der Waals surface area (Å²) in [6, 6.07) is 0. The van der Waals surface area contributed by atoms with Crippen molar-refractivity contribution in [1.82, 2.24) is 0 Å². The van der Waals surface area contributed by atoms with Crippen LogP contribution in [0.2, 0.25) is 0 Å². The molecule has 4 aliphatic rings. The van der Waals surface area contributed by atoms with Gasteiger partial charge in [0, 0.05) is 0 Å². The van der Waals surface area contributed by atoms with Gasteiger partial charge in [-0.05, 0) is 98.2 Å². The van der Waals surface area contributed by atoms with Gasteiger partial charge in [-0.2, -0.15) is 13.2 Å². The van der Waals surface area contributed by atoms with Crippen molar-refractivity contribution >= 4 is 0 Å². The van der Waals surface area contributed by atoms with Crippen molar-refractivity contribution in [3.05, 3.63) is 11.6 Å². The predicted molar refractivity (Wildman–Crippen MR) is 112 cm³/mol. The lowest BCUT2D eigenvalue weighted by molar-refractivity contribution is -0.227. The third-order valence-electron chi connectivity index (χ3n) is 10.5. The van der Waals surface area contributed by atoms with Gasteiger partial charge in [-0.1, -0.05) is 39.3 Å². The first-order valence-electron chi connectivity index (χ1n) is 12.0. The smallest absolute Gasteiger partial charge is 0.390 e. The highest BCUT2D eigenvalue weighted by atomic mass is 19.4. The summed E-state index contributed by atoms with van der Waals surface area (Å²) in [7, 11) is 0. The van der Waals surface area contributed by atoms with Gasteiger partial charge < -0.3 is 10.2 Å². The van der Waals surface area contributed by atoms with E-state index in [-0.39, 0.29) is 16.7 Å². The molecule has 0 spiro atoms. The average molecular weight is 429 g/mol. The van der Waals surface area contributed by atoms with Crippen LogP contribution >= 0.6 is 0 Å². The number of alkyl halides is 3. The summed E-state index contributed by atoms with van der Waals surface area (Å²) in [5.74, 6) is 0.695. The van der Waals surface area contributed by atoms with Gasteiger partial charge in [-0.3, -0.25) is 0 Å². The van der Waals surface area contributed by atoms with Gasteiger partial charge in [0.25, 0.3) is 0 Å². The Morgan fingerprint density at radius 2 is 1.80 bits per heavy atom. The minimum Gasteiger partial charge on any atom is -0.390 e. The Kier molecular flexibility index (Phi) is 5.46. The summed E-state index contributed by atoms with van der Waals surface area (Å²) in [5.41, 5.74) is 0.871. The Labute approximate surface area is 179 Å². The largest absolute Gasteiger partial charge is 0.414 e. The van der Waals surface area contributed by atoms with Crippen LogP contribution in [0.15, 0.2) is 11.6 Å².